The van der Waals surface area contributed by atoms with Gasteiger partial charge in [-0.25, -0.2) is 4.79 Å². The molecule has 32 heavy (non-hydrogen) atoms. The van der Waals surface area contributed by atoms with Crippen molar-refractivity contribution in [1.29, 1.82) is 0 Å². The smallest absolute Gasteiger partial charge is 0.411 e. The van der Waals surface area contributed by atoms with Gasteiger partial charge in [0, 0.05) is 42.6 Å². The van der Waals surface area contributed by atoms with Crippen LogP contribution in [0.5, 0.6) is 0 Å². The molecule has 1 aromatic carbocycles. The number of alkyl halides is 1. The highest BCUT2D eigenvalue weighted by Gasteiger charge is 2.34. The van der Waals surface area contributed by atoms with Gasteiger partial charge in [-0.15, -0.1) is 0 Å². The highest BCUT2D eigenvalue weighted by Crippen LogP contribution is 2.39. The maximum atomic E-state index is 12.6. The Morgan fingerprint density at radius 2 is 1.81 bits per heavy atom. The average Bonchev–Trinajstić information content (AvgIpc) is 3.18. The standard InChI is InChI=1S/C23H25ClIN5O2/c1-23(2,3)32-22(31)30-13-12-29(14-18(30)25)21-19(15-8-10-26-11-9-15)20(27-28-21)16-4-6-17(24)7-5-16/h4-11,18H,12-14H2,1-3H3,(H,27,28). The molecule has 3 heterocycles. The van der Waals surface area contributed by atoms with Crippen molar-refractivity contribution in [2.75, 3.05) is 24.5 Å². The number of hydrogen-bond donors (Lipinski definition) is 1. The largest absolute Gasteiger partial charge is 0.444 e. The summed E-state index contributed by atoms with van der Waals surface area (Å²) in [4.78, 5) is 20.8. The Balaban J connectivity index is 1.65. The number of benzene rings is 1. The summed E-state index contributed by atoms with van der Waals surface area (Å²) in [5.41, 5.74) is 3.42. The monoisotopic (exact) mass is 565 g/mol. The number of hydrogen-bond acceptors (Lipinski definition) is 5. The van der Waals surface area contributed by atoms with Crippen LogP contribution >= 0.6 is 34.2 Å². The van der Waals surface area contributed by atoms with Gasteiger partial charge in [0.15, 0.2) is 5.82 Å². The number of rotatable bonds is 3. The molecule has 0 spiro atoms. The Morgan fingerprint density at radius 3 is 2.44 bits per heavy atom. The minimum absolute atomic E-state index is 0.0443. The van der Waals surface area contributed by atoms with Crippen LogP contribution in [0.3, 0.4) is 0 Å². The molecule has 1 aliphatic rings. The molecule has 1 aliphatic heterocycles. The Bertz CT molecular complexity index is 1080. The lowest BCUT2D eigenvalue weighted by Crippen LogP contribution is -2.54. The van der Waals surface area contributed by atoms with Gasteiger partial charge >= 0.3 is 6.09 Å². The number of pyridine rings is 1. The molecule has 0 saturated carbocycles. The number of H-pyrrole nitrogens is 1. The molecule has 1 atom stereocenters. The number of halogens is 2. The van der Waals surface area contributed by atoms with Gasteiger partial charge in [-0.05, 0) is 50.6 Å². The summed E-state index contributed by atoms with van der Waals surface area (Å²) >= 11 is 8.39. The summed E-state index contributed by atoms with van der Waals surface area (Å²) < 4.78 is 5.53. The lowest BCUT2D eigenvalue weighted by atomic mass is 10.0. The van der Waals surface area contributed by atoms with E-state index in [9.17, 15) is 4.79 Å². The fourth-order valence-electron chi connectivity index (χ4n) is 3.64. The van der Waals surface area contributed by atoms with Gasteiger partial charge in [-0.1, -0.05) is 46.3 Å². The second kappa shape index (κ2) is 9.27. The molecule has 168 valence electrons. The van der Waals surface area contributed by atoms with Crippen molar-refractivity contribution < 1.29 is 9.53 Å². The van der Waals surface area contributed by atoms with E-state index >= 15 is 0 Å². The molecule has 0 aliphatic carbocycles. The number of carbonyl (C=O) groups excluding carboxylic acids is 1. The van der Waals surface area contributed by atoms with Crippen LogP contribution in [0.15, 0.2) is 48.8 Å². The number of nitrogens with zero attached hydrogens (tertiary/aromatic N) is 4. The quantitative estimate of drug-likeness (QED) is 0.254. The summed E-state index contributed by atoms with van der Waals surface area (Å²) in [7, 11) is 0. The summed E-state index contributed by atoms with van der Waals surface area (Å²) in [5.74, 6) is 0.853. The fraction of sp³-hybridized carbons (Fsp3) is 0.348. The molecule has 7 nitrogen and oxygen atoms in total. The van der Waals surface area contributed by atoms with Crippen molar-refractivity contribution in [3.63, 3.8) is 0 Å². The molecule has 0 bridgehead atoms. The predicted molar refractivity (Wildman–Crippen MR) is 135 cm³/mol. The van der Waals surface area contributed by atoms with E-state index < -0.39 is 5.60 Å². The highest BCUT2D eigenvalue weighted by molar-refractivity contribution is 14.1. The first-order chi connectivity index (χ1) is 15.2. The van der Waals surface area contributed by atoms with Crippen molar-refractivity contribution in [3.05, 3.63) is 53.8 Å². The maximum Gasteiger partial charge on any atom is 0.411 e. The first kappa shape index (κ1) is 22.8. The lowest BCUT2D eigenvalue weighted by Gasteiger charge is -2.39. The molecule has 4 rings (SSSR count). The number of nitrogens with one attached hydrogen (secondary N) is 1. The van der Waals surface area contributed by atoms with Crippen LogP contribution in [0.2, 0.25) is 5.02 Å². The topological polar surface area (TPSA) is 74.3 Å². The molecule has 1 saturated heterocycles. The van der Waals surface area contributed by atoms with Gasteiger partial charge in [0.1, 0.15) is 9.65 Å². The zero-order valence-corrected chi connectivity index (χ0v) is 21.1. The van der Waals surface area contributed by atoms with Crippen molar-refractivity contribution in [2.24, 2.45) is 0 Å². The minimum atomic E-state index is -0.519. The third-order valence-corrected chi connectivity index (χ3v) is 6.42. The summed E-state index contributed by atoms with van der Waals surface area (Å²) in [5, 5.41) is 8.60. The Labute approximate surface area is 206 Å². The Morgan fingerprint density at radius 1 is 1.12 bits per heavy atom. The van der Waals surface area contributed by atoms with Crippen molar-refractivity contribution in [3.8, 4) is 22.4 Å². The van der Waals surface area contributed by atoms with E-state index in [1.165, 1.54) is 0 Å². The van der Waals surface area contributed by atoms with E-state index in [1.807, 2.05) is 57.2 Å². The van der Waals surface area contributed by atoms with Gasteiger partial charge in [0.2, 0.25) is 0 Å². The second-order valence-corrected chi connectivity index (χ2v) is 10.5. The molecule has 9 heteroatoms. The summed E-state index contributed by atoms with van der Waals surface area (Å²) in [6.45, 7) is 7.50. The second-order valence-electron chi connectivity index (χ2n) is 8.59. The molecule has 3 aromatic rings. The number of amides is 1. The third-order valence-electron chi connectivity index (χ3n) is 5.10. The molecule has 1 fully saturated rings. The molecular weight excluding hydrogens is 541 g/mol. The first-order valence-corrected chi connectivity index (χ1v) is 12.0. The zero-order chi connectivity index (χ0) is 22.9. The van der Waals surface area contributed by atoms with E-state index in [4.69, 9.17) is 16.3 Å². The molecule has 0 radical (unpaired) electrons. The van der Waals surface area contributed by atoms with Gasteiger partial charge < -0.3 is 9.64 Å². The molecule has 1 unspecified atom stereocenters. The maximum absolute atomic E-state index is 12.6. The van der Waals surface area contributed by atoms with E-state index in [2.05, 4.69) is 42.7 Å². The molecule has 1 N–H and O–H groups in total. The number of aromatic nitrogens is 3. The van der Waals surface area contributed by atoms with Crippen LogP contribution in [-0.2, 0) is 4.74 Å². The van der Waals surface area contributed by atoms with Crippen LogP contribution in [0.25, 0.3) is 22.4 Å². The van der Waals surface area contributed by atoms with Crippen molar-refractivity contribution in [2.45, 2.75) is 30.4 Å². The van der Waals surface area contributed by atoms with Gasteiger partial charge in [0.25, 0.3) is 0 Å². The van der Waals surface area contributed by atoms with Crippen LogP contribution in [0, 0.1) is 0 Å². The normalized spacial score (nSPS) is 16.8. The number of aromatic amines is 1. The van der Waals surface area contributed by atoms with Crippen LogP contribution in [0.1, 0.15) is 20.8 Å². The Hall–Kier alpha value is -2.33. The third kappa shape index (κ3) is 5.01. The SMILES string of the molecule is CC(C)(C)OC(=O)N1CCN(c2n[nH]c(-c3ccc(Cl)cc3)c2-c2ccncc2)CC1I. The molecule has 2 aromatic heterocycles. The zero-order valence-electron chi connectivity index (χ0n) is 18.2. The van der Waals surface area contributed by atoms with E-state index in [1.54, 1.807) is 17.3 Å². The molecular formula is C23H25ClIN5O2. The van der Waals surface area contributed by atoms with Gasteiger partial charge in [-0.2, -0.15) is 5.10 Å². The van der Waals surface area contributed by atoms with Gasteiger partial charge in [-0.3, -0.25) is 15.0 Å². The summed E-state index contributed by atoms with van der Waals surface area (Å²) in [6.07, 6.45) is 3.27. The minimum Gasteiger partial charge on any atom is -0.444 e. The van der Waals surface area contributed by atoms with Gasteiger partial charge in [0.05, 0.1) is 11.3 Å². The van der Waals surface area contributed by atoms with E-state index in [0.29, 0.717) is 24.7 Å². The van der Waals surface area contributed by atoms with Crippen molar-refractivity contribution in [1.82, 2.24) is 20.1 Å². The number of ether oxygens (including phenoxy) is 1. The summed E-state index contributed by atoms with van der Waals surface area (Å²) in [6, 6.07) is 11.7. The first-order valence-electron chi connectivity index (χ1n) is 10.4. The fourth-order valence-corrected chi connectivity index (χ4v) is 4.74. The average molecular weight is 566 g/mol. The Kier molecular flexibility index (Phi) is 6.62. The van der Waals surface area contributed by atoms with Crippen LogP contribution in [-0.4, -0.2) is 55.5 Å². The lowest BCUT2D eigenvalue weighted by molar-refractivity contribution is 0.0226. The number of carbonyl (C=O) groups is 1. The van der Waals surface area contributed by atoms with E-state index in [-0.39, 0.29) is 10.1 Å². The van der Waals surface area contributed by atoms with Crippen LogP contribution < -0.4 is 4.90 Å². The highest BCUT2D eigenvalue weighted by atomic mass is 127. The number of piperazine rings is 1. The molecule has 1 amide bonds. The predicted octanol–water partition coefficient (Wildman–Crippen LogP) is 5.61. The van der Waals surface area contributed by atoms with Crippen LogP contribution in [0.4, 0.5) is 10.6 Å². The van der Waals surface area contributed by atoms with Crippen molar-refractivity contribution >= 4 is 46.1 Å². The number of anilines is 1. The van der Waals surface area contributed by atoms with E-state index in [0.717, 1.165) is 28.2 Å².